The van der Waals surface area contributed by atoms with E-state index in [9.17, 15) is 0 Å². The van der Waals surface area contributed by atoms with Crippen molar-refractivity contribution >= 4 is 0 Å². The molecule has 1 N–H and O–H groups in total. The maximum atomic E-state index is 3.74. The van der Waals surface area contributed by atoms with Crippen molar-refractivity contribution in [2.75, 3.05) is 0 Å². The van der Waals surface area contributed by atoms with E-state index in [1.807, 2.05) is 0 Å². The van der Waals surface area contributed by atoms with E-state index in [-0.39, 0.29) is 0 Å². The Labute approximate surface area is 105 Å². The summed E-state index contributed by atoms with van der Waals surface area (Å²) in [5.74, 6) is 1.69. The molecule has 2 heteroatoms. The van der Waals surface area contributed by atoms with Crippen molar-refractivity contribution in [3.05, 3.63) is 24.0 Å². The Hall–Kier alpha value is -0.760. The highest BCUT2D eigenvalue weighted by molar-refractivity contribution is 5.10. The van der Waals surface area contributed by atoms with Crippen molar-refractivity contribution in [2.45, 2.75) is 59.2 Å². The number of aromatic nitrogens is 1. The SMILES string of the molecule is CCn1ccc(CNC2CCCC(C)C2C)c1. The summed E-state index contributed by atoms with van der Waals surface area (Å²) in [7, 11) is 0. The Balaban J connectivity index is 1.84. The van der Waals surface area contributed by atoms with Crippen LogP contribution in [0.1, 0.15) is 45.6 Å². The molecule has 0 spiro atoms. The lowest BCUT2D eigenvalue weighted by molar-refractivity contribution is 0.206. The number of rotatable bonds is 4. The Morgan fingerprint density at radius 3 is 2.88 bits per heavy atom. The first kappa shape index (κ1) is 12.7. The maximum Gasteiger partial charge on any atom is 0.0223 e. The van der Waals surface area contributed by atoms with Crippen LogP contribution >= 0.6 is 0 Å². The molecule has 1 heterocycles. The molecule has 1 aliphatic carbocycles. The van der Waals surface area contributed by atoms with E-state index in [1.54, 1.807) is 0 Å². The summed E-state index contributed by atoms with van der Waals surface area (Å²) >= 11 is 0. The van der Waals surface area contributed by atoms with E-state index in [1.165, 1.54) is 24.8 Å². The van der Waals surface area contributed by atoms with Crippen LogP contribution in [0.2, 0.25) is 0 Å². The fourth-order valence-corrected chi connectivity index (χ4v) is 2.91. The molecule has 1 saturated carbocycles. The van der Waals surface area contributed by atoms with Gasteiger partial charge in [0.15, 0.2) is 0 Å². The van der Waals surface area contributed by atoms with Gasteiger partial charge in [-0.1, -0.05) is 26.7 Å². The molecule has 3 unspecified atom stereocenters. The quantitative estimate of drug-likeness (QED) is 0.844. The molecule has 17 heavy (non-hydrogen) atoms. The van der Waals surface area contributed by atoms with Gasteiger partial charge in [0, 0.05) is 31.5 Å². The zero-order valence-corrected chi connectivity index (χ0v) is 11.4. The first-order valence-electron chi connectivity index (χ1n) is 7.08. The number of hydrogen-bond donors (Lipinski definition) is 1. The van der Waals surface area contributed by atoms with Gasteiger partial charge in [0.25, 0.3) is 0 Å². The molecular weight excluding hydrogens is 208 g/mol. The minimum atomic E-state index is 0.712. The summed E-state index contributed by atoms with van der Waals surface area (Å²) in [6, 6.07) is 2.94. The molecule has 1 aromatic heterocycles. The normalized spacial score (nSPS) is 29.5. The van der Waals surface area contributed by atoms with Crippen LogP contribution in [0.4, 0.5) is 0 Å². The highest BCUT2D eigenvalue weighted by atomic mass is 15.0. The lowest BCUT2D eigenvalue weighted by Gasteiger charge is -2.34. The van der Waals surface area contributed by atoms with E-state index < -0.39 is 0 Å². The second-order valence-corrected chi connectivity index (χ2v) is 5.60. The summed E-state index contributed by atoms with van der Waals surface area (Å²) in [4.78, 5) is 0. The monoisotopic (exact) mass is 234 g/mol. The van der Waals surface area contributed by atoms with Crippen molar-refractivity contribution in [1.82, 2.24) is 9.88 Å². The zero-order chi connectivity index (χ0) is 12.3. The van der Waals surface area contributed by atoms with Crippen LogP contribution in [-0.2, 0) is 13.1 Å². The summed E-state index contributed by atoms with van der Waals surface area (Å²) in [6.45, 7) is 9.07. The number of nitrogens with zero attached hydrogens (tertiary/aromatic N) is 1. The molecule has 0 amide bonds. The number of nitrogens with one attached hydrogen (secondary N) is 1. The van der Waals surface area contributed by atoms with Crippen molar-refractivity contribution in [3.63, 3.8) is 0 Å². The molecule has 0 bridgehead atoms. The molecule has 1 aromatic rings. The largest absolute Gasteiger partial charge is 0.354 e. The van der Waals surface area contributed by atoms with Crippen LogP contribution in [0, 0.1) is 11.8 Å². The van der Waals surface area contributed by atoms with Crippen LogP contribution in [0.25, 0.3) is 0 Å². The first-order valence-corrected chi connectivity index (χ1v) is 7.08. The van der Waals surface area contributed by atoms with Gasteiger partial charge < -0.3 is 9.88 Å². The molecule has 96 valence electrons. The van der Waals surface area contributed by atoms with E-state index >= 15 is 0 Å². The third kappa shape index (κ3) is 3.12. The molecule has 2 nitrogen and oxygen atoms in total. The first-order chi connectivity index (χ1) is 8.20. The topological polar surface area (TPSA) is 17.0 Å². The number of aryl methyl sites for hydroxylation is 1. The molecular formula is C15H26N2. The third-order valence-corrected chi connectivity index (χ3v) is 4.45. The average Bonchev–Trinajstić information content (AvgIpc) is 2.79. The van der Waals surface area contributed by atoms with Crippen LogP contribution in [0.15, 0.2) is 18.5 Å². The van der Waals surface area contributed by atoms with E-state index in [4.69, 9.17) is 0 Å². The molecule has 0 aromatic carbocycles. The average molecular weight is 234 g/mol. The fourth-order valence-electron chi connectivity index (χ4n) is 2.91. The van der Waals surface area contributed by atoms with Gasteiger partial charge in [-0.25, -0.2) is 0 Å². The lowest BCUT2D eigenvalue weighted by Crippen LogP contribution is -2.40. The zero-order valence-electron chi connectivity index (χ0n) is 11.4. The minimum Gasteiger partial charge on any atom is -0.354 e. The summed E-state index contributed by atoms with van der Waals surface area (Å²) < 4.78 is 2.24. The summed E-state index contributed by atoms with van der Waals surface area (Å²) in [6.07, 6.45) is 8.57. The summed E-state index contributed by atoms with van der Waals surface area (Å²) in [5, 5.41) is 3.74. The van der Waals surface area contributed by atoms with Crippen molar-refractivity contribution < 1.29 is 0 Å². The van der Waals surface area contributed by atoms with Crippen LogP contribution < -0.4 is 5.32 Å². The Bertz CT molecular complexity index is 342. The fraction of sp³-hybridized carbons (Fsp3) is 0.733. The highest BCUT2D eigenvalue weighted by Gasteiger charge is 2.26. The molecule has 0 aliphatic heterocycles. The van der Waals surface area contributed by atoms with Gasteiger partial charge in [-0.05, 0) is 36.8 Å². The van der Waals surface area contributed by atoms with E-state index in [0.717, 1.165) is 24.9 Å². The number of hydrogen-bond acceptors (Lipinski definition) is 1. The molecule has 2 rings (SSSR count). The molecule has 1 aliphatic rings. The molecule has 3 atom stereocenters. The van der Waals surface area contributed by atoms with Crippen molar-refractivity contribution in [2.24, 2.45) is 11.8 Å². The van der Waals surface area contributed by atoms with Gasteiger partial charge in [0.2, 0.25) is 0 Å². The predicted octanol–water partition coefficient (Wildman–Crippen LogP) is 3.42. The van der Waals surface area contributed by atoms with Gasteiger partial charge in [0.05, 0.1) is 0 Å². The smallest absolute Gasteiger partial charge is 0.0223 e. The third-order valence-electron chi connectivity index (χ3n) is 4.45. The van der Waals surface area contributed by atoms with E-state index in [0.29, 0.717) is 6.04 Å². The lowest BCUT2D eigenvalue weighted by atomic mass is 9.78. The van der Waals surface area contributed by atoms with Crippen molar-refractivity contribution in [3.8, 4) is 0 Å². The highest BCUT2D eigenvalue weighted by Crippen LogP contribution is 2.29. The van der Waals surface area contributed by atoms with Gasteiger partial charge in [-0.3, -0.25) is 0 Å². The standard InChI is InChI=1S/C15H26N2/c1-4-17-9-8-14(11-17)10-16-15-7-5-6-12(2)13(15)3/h8-9,11-13,15-16H,4-7,10H2,1-3H3. The molecule has 0 saturated heterocycles. The molecule has 0 radical (unpaired) electrons. The van der Waals surface area contributed by atoms with Crippen LogP contribution in [0.3, 0.4) is 0 Å². The van der Waals surface area contributed by atoms with Crippen LogP contribution in [0.5, 0.6) is 0 Å². The van der Waals surface area contributed by atoms with E-state index in [2.05, 4.69) is 49.1 Å². The summed E-state index contributed by atoms with van der Waals surface area (Å²) in [5.41, 5.74) is 1.41. The Kier molecular flexibility index (Phi) is 4.27. The maximum absolute atomic E-state index is 3.74. The van der Waals surface area contributed by atoms with Gasteiger partial charge >= 0.3 is 0 Å². The van der Waals surface area contributed by atoms with Crippen molar-refractivity contribution in [1.29, 1.82) is 0 Å². The Morgan fingerprint density at radius 2 is 2.18 bits per heavy atom. The van der Waals surface area contributed by atoms with Gasteiger partial charge in [0.1, 0.15) is 0 Å². The Morgan fingerprint density at radius 1 is 1.35 bits per heavy atom. The second-order valence-electron chi connectivity index (χ2n) is 5.60. The second kappa shape index (κ2) is 5.72. The van der Waals surface area contributed by atoms with Gasteiger partial charge in [-0.2, -0.15) is 0 Å². The van der Waals surface area contributed by atoms with Crippen LogP contribution in [-0.4, -0.2) is 10.6 Å². The predicted molar refractivity (Wildman–Crippen MR) is 72.9 cm³/mol. The minimum absolute atomic E-state index is 0.712. The molecule has 1 fully saturated rings. The van der Waals surface area contributed by atoms with Gasteiger partial charge in [-0.15, -0.1) is 0 Å².